The quantitative estimate of drug-likeness (QED) is 0.639. The van der Waals surface area contributed by atoms with E-state index in [2.05, 4.69) is 21.8 Å². The minimum atomic E-state index is 0.153. The second-order valence-corrected chi connectivity index (χ2v) is 3.01. The molecule has 0 aromatic carbocycles. The monoisotopic (exact) mass is 177 g/mol. The number of hydrogen-bond acceptors (Lipinski definition) is 4. The Bertz CT molecular complexity index is 337. The number of fused-ring (bicyclic) bond motifs is 1. The Balaban J connectivity index is 2.47. The van der Waals surface area contributed by atoms with Crippen molar-refractivity contribution in [3.8, 4) is 0 Å². The molecule has 68 valence electrons. The molecule has 0 spiro atoms. The SMILES string of the molecule is CCN1CCC(=O)c2cncnc21. The van der Waals surface area contributed by atoms with Crippen LogP contribution in [0.1, 0.15) is 23.7 Å². The van der Waals surface area contributed by atoms with Gasteiger partial charge in [0, 0.05) is 25.7 Å². The van der Waals surface area contributed by atoms with Crippen LogP contribution in [-0.2, 0) is 0 Å². The number of hydrogen-bond donors (Lipinski definition) is 0. The molecule has 0 amide bonds. The molecular weight excluding hydrogens is 166 g/mol. The maximum absolute atomic E-state index is 11.4. The van der Waals surface area contributed by atoms with E-state index in [0.29, 0.717) is 12.0 Å². The largest absolute Gasteiger partial charge is 0.356 e. The fourth-order valence-corrected chi connectivity index (χ4v) is 1.56. The van der Waals surface area contributed by atoms with E-state index in [4.69, 9.17) is 0 Å². The molecule has 0 saturated heterocycles. The second kappa shape index (κ2) is 3.12. The minimum Gasteiger partial charge on any atom is -0.356 e. The summed E-state index contributed by atoms with van der Waals surface area (Å²) in [5, 5.41) is 0. The van der Waals surface area contributed by atoms with Crippen LogP contribution in [0.25, 0.3) is 0 Å². The maximum Gasteiger partial charge on any atom is 0.169 e. The van der Waals surface area contributed by atoms with Crippen molar-refractivity contribution < 1.29 is 4.79 Å². The third-order valence-corrected chi connectivity index (χ3v) is 2.28. The van der Waals surface area contributed by atoms with Crippen LogP contribution in [0.5, 0.6) is 0 Å². The molecule has 1 aromatic heterocycles. The molecule has 2 rings (SSSR count). The molecule has 4 nitrogen and oxygen atoms in total. The van der Waals surface area contributed by atoms with Crippen LogP contribution in [0.15, 0.2) is 12.5 Å². The van der Waals surface area contributed by atoms with Crippen molar-refractivity contribution in [1.82, 2.24) is 9.97 Å². The predicted molar refractivity (Wildman–Crippen MR) is 48.9 cm³/mol. The zero-order valence-corrected chi connectivity index (χ0v) is 7.53. The van der Waals surface area contributed by atoms with Gasteiger partial charge in [0.2, 0.25) is 0 Å². The average Bonchev–Trinajstić information content (AvgIpc) is 2.19. The molecule has 1 aliphatic heterocycles. The minimum absolute atomic E-state index is 0.153. The average molecular weight is 177 g/mol. The molecule has 0 radical (unpaired) electrons. The van der Waals surface area contributed by atoms with E-state index in [0.717, 1.165) is 18.9 Å². The van der Waals surface area contributed by atoms with Crippen LogP contribution < -0.4 is 4.90 Å². The lowest BCUT2D eigenvalue weighted by Crippen LogP contribution is -2.32. The van der Waals surface area contributed by atoms with Crippen LogP contribution in [-0.4, -0.2) is 28.8 Å². The van der Waals surface area contributed by atoms with Gasteiger partial charge in [-0.1, -0.05) is 0 Å². The molecule has 0 unspecified atom stereocenters. The first-order chi connectivity index (χ1) is 6.33. The molecule has 0 atom stereocenters. The molecule has 4 heteroatoms. The van der Waals surface area contributed by atoms with Crippen LogP contribution in [0.3, 0.4) is 0 Å². The third-order valence-electron chi connectivity index (χ3n) is 2.28. The molecule has 1 aromatic rings. The van der Waals surface area contributed by atoms with Crippen LogP contribution >= 0.6 is 0 Å². The number of ketones is 1. The molecular formula is C9H11N3O. The van der Waals surface area contributed by atoms with Gasteiger partial charge in [0.05, 0.1) is 5.56 Å². The van der Waals surface area contributed by atoms with Gasteiger partial charge in [0.1, 0.15) is 12.1 Å². The highest BCUT2D eigenvalue weighted by molar-refractivity contribution is 6.02. The van der Waals surface area contributed by atoms with Crippen molar-refractivity contribution in [1.29, 1.82) is 0 Å². The number of carbonyl (C=O) groups excluding carboxylic acids is 1. The lowest BCUT2D eigenvalue weighted by atomic mass is 10.1. The molecule has 0 fully saturated rings. The van der Waals surface area contributed by atoms with E-state index in [1.807, 2.05) is 0 Å². The summed E-state index contributed by atoms with van der Waals surface area (Å²) in [5.74, 6) is 0.939. The van der Waals surface area contributed by atoms with Crippen molar-refractivity contribution in [3.63, 3.8) is 0 Å². The van der Waals surface area contributed by atoms with Gasteiger partial charge in [0.25, 0.3) is 0 Å². The summed E-state index contributed by atoms with van der Waals surface area (Å²) in [6.45, 7) is 3.72. The Hall–Kier alpha value is -1.45. The van der Waals surface area contributed by atoms with E-state index in [1.165, 1.54) is 6.33 Å². The first kappa shape index (κ1) is 8.16. The highest BCUT2D eigenvalue weighted by atomic mass is 16.1. The Labute approximate surface area is 76.6 Å². The summed E-state index contributed by atoms with van der Waals surface area (Å²) in [6.07, 6.45) is 3.67. The Morgan fingerprint density at radius 3 is 3.23 bits per heavy atom. The number of rotatable bonds is 1. The van der Waals surface area contributed by atoms with E-state index in [-0.39, 0.29) is 5.78 Å². The number of Topliss-reactive ketones (excluding diaryl/α,β-unsaturated/α-hetero) is 1. The van der Waals surface area contributed by atoms with E-state index in [1.54, 1.807) is 6.20 Å². The molecule has 0 N–H and O–H groups in total. The smallest absolute Gasteiger partial charge is 0.169 e. The standard InChI is InChI=1S/C9H11N3O/c1-2-12-4-3-8(13)7-5-10-6-11-9(7)12/h5-6H,2-4H2,1H3. The van der Waals surface area contributed by atoms with Crippen molar-refractivity contribution in [2.75, 3.05) is 18.0 Å². The molecule has 2 heterocycles. The molecule has 13 heavy (non-hydrogen) atoms. The van der Waals surface area contributed by atoms with Crippen LogP contribution in [0.4, 0.5) is 5.82 Å². The zero-order chi connectivity index (χ0) is 9.26. The van der Waals surface area contributed by atoms with Gasteiger partial charge in [-0.05, 0) is 6.92 Å². The van der Waals surface area contributed by atoms with Gasteiger partial charge in [-0.15, -0.1) is 0 Å². The predicted octanol–water partition coefficient (Wildman–Crippen LogP) is 0.889. The molecule has 1 aliphatic rings. The summed E-state index contributed by atoms with van der Waals surface area (Å²) in [6, 6.07) is 0. The van der Waals surface area contributed by atoms with Crippen molar-refractivity contribution in [2.24, 2.45) is 0 Å². The maximum atomic E-state index is 11.4. The highest BCUT2D eigenvalue weighted by Gasteiger charge is 2.22. The Morgan fingerprint density at radius 2 is 2.46 bits per heavy atom. The Kier molecular flexibility index (Phi) is 1.96. The van der Waals surface area contributed by atoms with Gasteiger partial charge in [-0.25, -0.2) is 9.97 Å². The normalized spacial score (nSPS) is 15.8. The number of nitrogens with zero attached hydrogens (tertiary/aromatic N) is 3. The van der Waals surface area contributed by atoms with Crippen molar-refractivity contribution in [2.45, 2.75) is 13.3 Å². The third kappa shape index (κ3) is 1.28. The lowest BCUT2D eigenvalue weighted by Gasteiger charge is -2.27. The van der Waals surface area contributed by atoms with Crippen molar-refractivity contribution in [3.05, 3.63) is 18.1 Å². The van der Waals surface area contributed by atoms with Crippen LogP contribution in [0, 0.1) is 0 Å². The first-order valence-electron chi connectivity index (χ1n) is 4.41. The summed E-state index contributed by atoms with van der Waals surface area (Å²) in [5.41, 5.74) is 0.663. The molecule has 0 aliphatic carbocycles. The van der Waals surface area contributed by atoms with Gasteiger partial charge < -0.3 is 4.90 Å². The van der Waals surface area contributed by atoms with Gasteiger partial charge in [-0.3, -0.25) is 4.79 Å². The lowest BCUT2D eigenvalue weighted by molar-refractivity contribution is 0.0979. The van der Waals surface area contributed by atoms with Crippen molar-refractivity contribution >= 4 is 11.6 Å². The van der Waals surface area contributed by atoms with Gasteiger partial charge >= 0.3 is 0 Å². The fourth-order valence-electron chi connectivity index (χ4n) is 1.56. The molecule has 0 bridgehead atoms. The Morgan fingerprint density at radius 1 is 1.62 bits per heavy atom. The highest BCUT2D eigenvalue weighted by Crippen LogP contribution is 2.22. The summed E-state index contributed by atoms with van der Waals surface area (Å²) >= 11 is 0. The second-order valence-electron chi connectivity index (χ2n) is 3.01. The summed E-state index contributed by atoms with van der Waals surface area (Å²) in [7, 11) is 0. The first-order valence-corrected chi connectivity index (χ1v) is 4.41. The number of aromatic nitrogens is 2. The zero-order valence-electron chi connectivity index (χ0n) is 7.53. The number of carbonyl (C=O) groups is 1. The fraction of sp³-hybridized carbons (Fsp3) is 0.444. The van der Waals surface area contributed by atoms with Gasteiger partial charge in [-0.2, -0.15) is 0 Å². The van der Waals surface area contributed by atoms with E-state index in [9.17, 15) is 4.79 Å². The van der Waals surface area contributed by atoms with E-state index < -0.39 is 0 Å². The number of anilines is 1. The van der Waals surface area contributed by atoms with Crippen LogP contribution in [0.2, 0.25) is 0 Å². The summed E-state index contributed by atoms with van der Waals surface area (Å²) in [4.78, 5) is 21.5. The molecule has 0 saturated carbocycles. The van der Waals surface area contributed by atoms with E-state index >= 15 is 0 Å². The van der Waals surface area contributed by atoms with Gasteiger partial charge in [0.15, 0.2) is 5.78 Å². The topological polar surface area (TPSA) is 46.1 Å². The summed E-state index contributed by atoms with van der Waals surface area (Å²) < 4.78 is 0.